The van der Waals surface area contributed by atoms with Crippen molar-refractivity contribution in [2.24, 2.45) is 7.05 Å². The maximum Gasteiger partial charge on any atom is 0.173 e. The highest BCUT2D eigenvalue weighted by molar-refractivity contribution is 5.42. The van der Waals surface area contributed by atoms with Gasteiger partial charge in [0, 0.05) is 19.4 Å². The first-order chi connectivity index (χ1) is 10.1. The van der Waals surface area contributed by atoms with Crippen LogP contribution in [-0.4, -0.2) is 14.7 Å². The molecule has 0 saturated carbocycles. The Kier molecular flexibility index (Phi) is 3.31. The standard InChI is InChI=1S/C17H15FN2O/c1-20-12-11-19-16(20)17(21,13-5-3-2-4-6-13)14-7-9-15(18)10-8-14/h2-12,21H,1H3. The third kappa shape index (κ3) is 2.23. The van der Waals surface area contributed by atoms with E-state index in [1.165, 1.54) is 12.1 Å². The van der Waals surface area contributed by atoms with E-state index in [2.05, 4.69) is 4.98 Å². The van der Waals surface area contributed by atoms with Gasteiger partial charge in [0.1, 0.15) is 11.6 Å². The molecule has 1 unspecified atom stereocenters. The molecule has 3 nitrogen and oxygen atoms in total. The van der Waals surface area contributed by atoms with Gasteiger partial charge in [0.15, 0.2) is 5.60 Å². The first-order valence-electron chi connectivity index (χ1n) is 6.64. The van der Waals surface area contributed by atoms with Crippen molar-refractivity contribution < 1.29 is 9.50 Å². The fourth-order valence-electron chi connectivity index (χ4n) is 2.51. The highest BCUT2D eigenvalue weighted by Crippen LogP contribution is 2.35. The first-order valence-corrected chi connectivity index (χ1v) is 6.64. The van der Waals surface area contributed by atoms with E-state index < -0.39 is 5.60 Å². The molecule has 21 heavy (non-hydrogen) atoms. The fourth-order valence-corrected chi connectivity index (χ4v) is 2.51. The van der Waals surface area contributed by atoms with Crippen molar-refractivity contribution in [2.75, 3.05) is 0 Å². The van der Waals surface area contributed by atoms with E-state index in [0.29, 0.717) is 17.0 Å². The van der Waals surface area contributed by atoms with Crippen LogP contribution in [0.25, 0.3) is 0 Å². The van der Waals surface area contributed by atoms with Crippen molar-refractivity contribution in [3.05, 3.63) is 89.8 Å². The number of rotatable bonds is 3. The smallest absolute Gasteiger partial charge is 0.173 e. The maximum absolute atomic E-state index is 13.2. The lowest BCUT2D eigenvalue weighted by molar-refractivity contribution is 0.112. The predicted molar refractivity (Wildman–Crippen MR) is 78.2 cm³/mol. The van der Waals surface area contributed by atoms with Crippen molar-refractivity contribution in [3.63, 3.8) is 0 Å². The average molecular weight is 282 g/mol. The summed E-state index contributed by atoms with van der Waals surface area (Å²) in [6.07, 6.45) is 3.40. The second kappa shape index (κ2) is 5.14. The van der Waals surface area contributed by atoms with Crippen LogP contribution in [0, 0.1) is 5.82 Å². The number of nitrogens with zero attached hydrogens (tertiary/aromatic N) is 2. The third-order valence-corrected chi connectivity index (χ3v) is 3.60. The number of benzene rings is 2. The molecule has 0 fully saturated rings. The largest absolute Gasteiger partial charge is 0.373 e. The molecule has 1 aromatic heterocycles. The number of hydrogen-bond donors (Lipinski definition) is 1. The van der Waals surface area contributed by atoms with Crippen LogP contribution in [0.5, 0.6) is 0 Å². The Balaban J connectivity index is 2.25. The molecule has 0 amide bonds. The summed E-state index contributed by atoms with van der Waals surface area (Å²) in [5, 5.41) is 11.4. The van der Waals surface area contributed by atoms with E-state index in [9.17, 15) is 9.50 Å². The summed E-state index contributed by atoms with van der Waals surface area (Å²) in [5.74, 6) is 0.148. The van der Waals surface area contributed by atoms with Gasteiger partial charge in [-0.3, -0.25) is 0 Å². The lowest BCUT2D eigenvalue weighted by Crippen LogP contribution is -2.32. The van der Waals surface area contributed by atoms with E-state index in [1.54, 1.807) is 29.1 Å². The molecule has 3 rings (SSSR count). The van der Waals surface area contributed by atoms with Crippen LogP contribution in [0.1, 0.15) is 17.0 Å². The molecule has 0 spiro atoms. The molecule has 1 heterocycles. The fraction of sp³-hybridized carbons (Fsp3) is 0.118. The number of hydrogen-bond acceptors (Lipinski definition) is 2. The Morgan fingerprint density at radius 2 is 1.62 bits per heavy atom. The summed E-state index contributed by atoms with van der Waals surface area (Å²) in [6, 6.07) is 15.1. The molecule has 4 heteroatoms. The van der Waals surface area contributed by atoms with Crippen molar-refractivity contribution >= 4 is 0 Å². The van der Waals surface area contributed by atoms with Crippen LogP contribution in [0.15, 0.2) is 67.0 Å². The third-order valence-electron chi connectivity index (χ3n) is 3.60. The van der Waals surface area contributed by atoms with E-state index in [4.69, 9.17) is 0 Å². The maximum atomic E-state index is 13.2. The number of aliphatic hydroxyl groups is 1. The average Bonchev–Trinajstić information content (AvgIpc) is 2.95. The predicted octanol–water partition coefficient (Wildman–Crippen LogP) is 2.84. The van der Waals surface area contributed by atoms with Crippen molar-refractivity contribution in [1.29, 1.82) is 0 Å². The molecule has 0 saturated heterocycles. The van der Waals surface area contributed by atoms with Gasteiger partial charge in [-0.15, -0.1) is 0 Å². The van der Waals surface area contributed by atoms with Crippen LogP contribution in [0.4, 0.5) is 4.39 Å². The minimum Gasteiger partial charge on any atom is -0.373 e. The monoisotopic (exact) mass is 282 g/mol. The van der Waals surface area contributed by atoms with E-state index >= 15 is 0 Å². The summed E-state index contributed by atoms with van der Waals surface area (Å²) in [6.45, 7) is 0. The first kappa shape index (κ1) is 13.5. The number of halogens is 1. The summed E-state index contributed by atoms with van der Waals surface area (Å²) in [5.41, 5.74) is -0.164. The van der Waals surface area contributed by atoms with Crippen molar-refractivity contribution in [1.82, 2.24) is 9.55 Å². The molecule has 106 valence electrons. The summed E-state index contributed by atoms with van der Waals surface area (Å²) in [7, 11) is 1.82. The normalized spacial score (nSPS) is 13.9. The van der Waals surface area contributed by atoms with Gasteiger partial charge in [-0.2, -0.15) is 0 Å². The van der Waals surface area contributed by atoms with Gasteiger partial charge in [0.05, 0.1) is 0 Å². The zero-order valence-corrected chi connectivity index (χ0v) is 11.6. The Hall–Kier alpha value is -2.46. The lowest BCUT2D eigenvalue weighted by Gasteiger charge is -2.28. The molecule has 0 aliphatic heterocycles. The van der Waals surface area contributed by atoms with E-state index in [1.807, 2.05) is 37.4 Å². The summed E-state index contributed by atoms with van der Waals surface area (Å²) in [4.78, 5) is 4.28. The van der Waals surface area contributed by atoms with Crippen LogP contribution >= 0.6 is 0 Å². The second-order valence-corrected chi connectivity index (χ2v) is 4.95. The van der Waals surface area contributed by atoms with E-state index in [0.717, 1.165) is 0 Å². The minimum absolute atomic E-state index is 0.339. The Morgan fingerprint density at radius 3 is 2.19 bits per heavy atom. The van der Waals surface area contributed by atoms with Gasteiger partial charge < -0.3 is 9.67 Å². The molecular weight excluding hydrogens is 267 g/mol. The van der Waals surface area contributed by atoms with Gasteiger partial charge >= 0.3 is 0 Å². The number of aromatic nitrogens is 2. The highest BCUT2D eigenvalue weighted by Gasteiger charge is 2.37. The SMILES string of the molecule is Cn1ccnc1C(O)(c1ccccc1)c1ccc(F)cc1. The van der Waals surface area contributed by atoms with Crippen molar-refractivity contribution in [3.8, 4) is 0 Å². The number of imidazole rings is 1. The van der Waals surface area contributed by atoms with Crippen molar-refractivity contribution in [2.45, 2.75) is 5.60 Å². The highest BCUT2D eigenvalue weighted by atomic mass is 19.1. The van der Waals surface area contributed by atoms with Crippen LogP contribution in [0.3, 0.4) is 0 Å². The molecule has 0 aliphatic carbocycles. The lowest BCUT2D eigenvalue weighted by atomic mass is 9.85. The molecule has 3 aromatic rings. The summed E-state index contributed by atoms with van der Waals surface area (Å²) >= 11 is 0. The van der Waals surface area contributed by atoms with Gasteiger partial charge in [0.25, 0.3) is 0 Å². The van der Waals surface area contributed by atoms with Gasteiger partial charge in [-0.05, 0) is 23.3 Å². The molecular formula is C17H15FN2O. The van der Waals surface area contributed by atoms with E-state index in [-0.39, 0.29) is 5.82 Å². The van der Waals surface area contributed by atoms with Gasteiger partial charge in [0.2, 0.25) is 0 Å². The molecule has 0 bridgehead atoms. The van der Waals surface area contributed by atoms with Crippen LogP contribution in [0.2, 0.25) is 0 Å². The Bertz CT molecular complexity index is 737. The zero-order chi connectivity index (χ0) is 14.9. The van der Waals surface area contributed by atoms with Crippen LogP contribution in [-0.2, 0) is 12.6 Å². The second-order valence-electron chi connectivity index (χ2n) is 4.95. The molecule has 0 aliphatic rings. The van der Waals surface area contributed by atoms with Gasteiger partial charge in [-0.1, -0.05) is 42.5 Å². The van der Waals surface area contributed by atoms with Crippen LogP contribution < -0.4 is 0 Å². The molecule has 2 aromatic carbocycles. The molecule has 1 N–H and O–H groups in total. The quantitative estimate of drug-likeness (QED) is 0.802. The Morgan fingerprint density at radius 1 is 1.00 bits per heavy atom. The summed E-state index contributed by atoms with van der Waals surface area (Å²) < 4.78 is 15.0. The van der Waals surface area contributed by atoms with Gasteiger partial charge in [-0.25, -0.2) is 9.37 Å². The molecule has 1 atom stereocenters. The zero-order valence-electron chi connectivity index (χ0n) is 11.6. The minimum atomic E-state index is -1.42. The number of aryl methyl sites for hydroxylation is 1. The Labute approximate surface area is 122 Å². The topological polar surface area (TPSA) is 38.0 Å². The molecule has 0 radical (unpaired) electrons.